The molecule has 3 heterocycles. The van der Waals surface area contributed by atoms with Crippen molar-refractivity contribution in [2.75, 3.05) is 5.32 Å². The highest BCUT2D eigenvalue weighted by Crippen LogP contribution is 2.39. The number of hydrogen-bond acceptors (Lipinski definition) is 5. The van der Waals surface area contributed by atoms with Crippen LogP contribution in [0.25, 0.3) is 11.1 Å². The maximum absolute atomic E-state index is 12.9. The fourth-order valence-corrected chi connectivity index (χ4v) is 4.59. The van der Waals surface area contributed by atoms with E-state index >= 15 is 0 Å². The van der Waals surface area contributed by atoms with Gasteiger partial charge in [0.1, 0.15) is 17.5 Å². The van der Waals surface area contributed by atoms with Crippen molar-refractivity contribution < 1.29 is 19.1 Å². The number of hydrogen-bond donors (Lipinski definition) is 3. The molecule has 3 N–H and O–H groups in total. The van der Waals surface area contributed by atoms with Crippen molar-refractivity contribution in [1.82, 2.24) is 15.3 Å². The molecule has 0 spiro atoms. The Labute approximate surface area is 181 Å². The Morgan fingerprint density at radius 3 is 2.87 bits per heavy atom. The lowest BCUT2D eigenvalue weighted by molar-refractivity contribution is 0.102. The molecule has 1 fully saturated rings. The first-order valence-electron chi connectivity index (χ1n) is 9.69. The highest BCUT2D eigenvalue weighted by atomic mass is 79.9. The van der Waals surface area contributed by atoms with Crippen molar-refractivity contribution in [3.05, 3.63) is 52.6 Å². The van der Waals surface area contributed by atoms with Gasteiger partial charge in [-0.2, -0.15) is 0 Å². The Morgan fingerprint density at radius 1 is 1.23 bits per heavy atom. The molecule has 3 atom stereocenters. The number of pyridine rings is 2. The van der Waals surface area contributed by atoms with Gasteiger partial charge in [0.2, 0.25) is 0 Å². The predicted molar refractivity (Wildman–Crippen MR) is 115 cm³/mol. The van der Waals surface area contributed by atoms with Gasteiger partial charge < -0.3 is 20.2 Å². The average Bonchev–Trinajstić information content (AvgIpc) is 3.07. The van der Waals surface area contributed by atoms with E-state index in [1.54, 1.807) is 24.5 Å². The molecule has 4 rings (SSSR count). The minimum absolute atomic E-state index is 0.113. The molecule has 9 heteroatoms. The van der Waals surface area contributed by atoms with Crippen LogP contribution in [0.2, 0.25) is 0 Å². The molecule has 0 radical (unpaired) electrons. The van der Waals surface area contributed by atoms with Gasteiger partial charge >= 0.3 is 6.09 Å². The van der Waals surface area contributed by atoms with Crippen molar-refractivity contribution in [3.8, 4) is 0 Å². The van der Waals surface area contributed by atoms with Crippen LogP contribution in [0.1, 0.15) is 48.2 Å². The number of fused-ring (bicyclic) bond motifs is 1. The summed E-state index contributed by atoms with van der Waals surface area (Å²) in [7, 11) is 0. The molecule has 3 aromatic rings. The van der Waals surface area contributed by atoms with Crippen LogP contribution in [0.5, 0.6) is 0 Å². The number of amides is 2. The Bertz CT molecular complexity index is 1100. The average molecular weight is 473 g/mol. The van der Waals surface area contributed by atoms with Gasteiger partial charge in [-0.15, -0.1) is 0 Å². The van der Waals surface area contributed by atoms with Crippen LogP contribution in [0, 0.1) is 5.92 Å². The Balaban J connectivity index is 1.57. The first-order chi connectivity index (χ1) is 14.4. The lowest BCUT2D eigenvalue weighted by Crippen LogP contribution is -2.39. The summed E-state index contributed by atoms with van der Waals surface area (Å²) in [5.74, 6) is 0.130. The third-order valence-corrected chi connectivity index (χ3v) is 5.98. The third-order valence-electron chi connectivity index (χ3n) is 5.42. The van der Waals surface area contributed by atoms with Gasteiger partial charge in [0.25, 0.3) is 5.91 Å². The maximum atomic E-state index is 12.9. The van der Waals surface area contributed by atoms with E-state index in [1.807, 2.05) is 6.07 Å². The standard InChI is InChI=1S/C21H21BrN4O4/c1-11-6-12(8-13(7-11)24-21(28)29)14-4-5-23-9-17(14)26-20(27)16-2-3-18-19(25-16)15(22)10-30-18/h2-5,9-13,24H,6-8H2,1H3,(H,26,27)(H,28,29)/t11-,12+,13-/m0/s1. The molecule has 0 aliphatic heterocycles. The fraction of sp³-hybridized carbons (Fsp3) is 0.333. The molecule has 1 aliphatic rings. The molecule has 1 saturated carbocycles. The summed E-state index contributed by atoms with van der Waals surface area (Å²) in [6.07, 6.45) is 6.23. The maximum Gasteiger partial charge on any atom is 0.404 e. The summed E-state index contributed by atoms with van der Waals surface area (Å²) in [6.45, 7) is 2.12. The van der Waals surface area contributed by atoms with Crippen LogP contribution in [0.3, 0.4) is 0 Å². The zero-order chi connectivity index (χ0) is 21.3. The first kappa shape index (κ1) is 20.3. The van der Waals surface area contributed by atoms with Gasteiger partial charge in [0.15, 0.2) is 5.58 Å². The Morgan fingerprint density at radius 2 is 2.07 bits per heavy atom. The van der Waals surface area contributed by atoms with E-state index in [0.717, 1.165) is 18.4 Å². The van der Waals surface area contributed by atoms with E-state index in [2.05, 4.69) is 43.5 Å². The lowest BCUT2D eigenvalue weighted by Gasteiger charge is -2.34. The molecule has 0 unspecified atom stereocenters. The van der Waals surface area contributed by atoms with E-state index in [4.69, 9.17) is 9.52 Å². The second-order valence-corrected chi connectivity index (χ2v) is 8.55. The summed E-state index contributed by atoms with van der Waals surface area (Å²) in [5.41, 5.74) is 3.00. The topological polar surface area (TPSA) is 117 Å². The van der Waals surface area contributed by atoms with Crippen molar-refractivity contribution in [2.24, 2.45) is 5.92 Å². The fourth-order valence-electron chi connectivity index (χ4n) is 4.21. The number of carbonyl (C=O) groups excluding carboxylic acids is 1. The van der Waals surface area contributed by atoms with E-state index in [1.165, 1.54) is 6.26 Å². The van der Waals surface area contributed by atoms with Gasteiger partial charge in [-0.05, 0) is 70.8 Å². The molecule has 156 valence electrons. The van der Waals surface area contributed by atoms with E-state index in [-0.39, 0.29) is 23.6 Å². The smallest absolute Gasteiger partial charge is 0.404 e. The van der Waals surface area contributed by atoms with E-state index in [9.17, 15) is 9.59 Å². The molecule has 8 nitrogen and oxygen atoms in total. The molecule has 1 aliphatic carbocycles. The molecule has 3 aromatic heterocycles. The Kier molecular flexibility index (Phi) is 5.72. The predicted octanol–water partition coefficient (Wildman–Crippen LogP) is 4.78. The number of nitrogens with one attached hydrogen (secondary N) is 2. The Hall–Kier alpha value is -2.94. The second kappa shape index (κ2) is 8.43. The highest BCUT2D eigenvalue weighted by Gasteiger charge is 2.30. The SMILES string of the molecule is C[C@@H]1C[C@H](NC(=O)O)C[C@H](c2ccncc2NC(=O)c2ccc3occ(Br)c3n2)C1. The van der Waals surface area contributed by atoms with E-state index in [0.29, 0.717) is 33.6 Å². The number of aromatic nitrogens is 2. The number of nitrogens with zero attached hydrogens (tertiary/aromatic N) is 2. The first-order valence-corrected chi connectivity index (χ1v) is 10.5. The number of furan rings is 1. The van der Waals surface area contributed by atoms with E-state index < -0.39 is 6.09 Å². The van der Waals surface area contributed by atoms with Crippen LogP contribution in [-0.2, 0) is 0 Å². The summed E-state index contributed by atoms with van der Waals surface area (Å²) in [6, 6.07) is 5.09. The molecule has 0 aromatic carbocycles. The van der Waals surface area contributed by atoms with Crippen LogP contribution in [-0.4, -0.2) is 33.1 Å². The number of halogens is 1. The van der Waals surface area contributed by atoms with Crippen LogP contribution in [0.15, 0.2) is 45.7 Å². The van der Waals surface area contributed by atoms with Gasteiger partial charge in [-0.25, -0.2) is 9.78 Å². The molecule has 0 saturated heterocycles. The minimum atomic E-state index is -1.01. The van der Waals surface area contributed by atoms with Crippen molar-refractivity contribution in [1.29, 1.82) is 0 Å². The zero-order valence-corrected chi connectivity index (χ0v) is 17.8. The number of carbonyl (C=O) groups is 2. The second-order valence-electron chi connectivity index (χ2n) is 7.70. The van der Waals surface area contributed by atoms with Gasteiger partial charge in [0, 0.05) is 12.2 Å². The number of anilines is 1. The minimum Gasteiger partial charge on any atom is -0.465 e. The highest BCUT2D eigenvalue weighted by molar-refractivity contribution is 9.10. The van der Waals surface area contributed by atoms with Crippen molar-refractivity contribution >= 4 is 44.7 Å². The molecule has 2 amide bonds. The van der Waals surface area contributed by atoms with Crippen LogP contribution >= 0.6 is 15.9 Å². The molecule has 30 heavy (non-hydrogen) atoms. The third kappa shape index (κ3) is 4.30. The van der Waals surface area contributed by atoms with Gasteiger partial charge in [-0.1, -0.05) is 6.92 Å². The van der Waals surface area contributed by atoms with Crippen molar-refractivity contribution in [2.45, 2.75) is 38.1 Å². The van der Waals surface area contributed by atoms with Crippen LogP contribution < -0.4 is 10.6 Å². The monoisotopic (exact) mass is 472 g/mol. The van der Waals surface area contributed by atoms with Gasteiger partial charge in [-0.3, -0.25) is 9.78 Å². The summed E-state index contributed by atoms with van der Waals surface area (Å²) in [5, 5.41) is 14.6. The number of rotatable bonds is 4. The van der Waals surface area contributed by atoms with Crippen molar-refractivity contribution in [3.63, 3.8) is 0 Å². The number of carboxylic acid groups (broad SMARTS) is 1. The summed E-state index contributed by atoms with van der Waals surface area (Å²) in [4.78, 5) is 32.5. The zero-order valence-electron chi connectivity index (χ0n) is 16.3. The molecular formula is C21H21BrN4O4. The quantitative estimate of drug-likeness (QED) is 0.502. The lowest BCUT2D eigenvalue weighted by atomic mass is 9.76. The molecule has 0 bridgehead atoms. The molecular weight excluding hydrogens is 452 g/mol. The summed E-state index contributed by atoms with van der Waals surface area (Å²) < 4.78 is 6.03. The normalized spacial score (nSPS) is 21.3. The summed E-state index contributed by atoms with van der Waals surface area (Å²) >= 11 is 3.36. The van der Waals surface area contributed by atoms with Crippen LogP contribution in [0.4, 0.5) is 10.5 Å². The largest absolute Gasteiger partial charge is 0.465 e. The van der Waals surface area contributed by atoms with Gasteiger partial charge in [0.05, 0.1) is 16.4 Å².